The van der Waals surface area contributed by atoms with Crippen LogP contribution in [0.3, 0.4) is 0 Å². The summed E-state index contributed by atoms with van der Waals surface area (Å²) in [6.45, 7) is 0.350. The van der Waals surface area contributed by atoms with Gasteiger partial charge in [0.05, 0.1) is 5.56 Å². The molecule has 1 aromatic heterocycles. The molecule has 1 aromatic rings. The maximum Gasteiger partial charge on any atom is 0.416 e. The van der Waals surface area contributed by atoms with Crippen LogP contribution in [0.15, 0.2) is 12.1 Å². The number of pyridine rings is 1. The third-order valence-corrected chi connectivity index (χ3v) is 3.02. The molecule has 2 rings (SSSR count). The van der Waals surface area contributed by atoms with Crippen molar-refractivity contribution in [2.24, 2.45) is 0 Å². The Labute approximate surface area is 114 Å². The Hall–Kier alpha value is -1.99. The van der Waals surface area contributed by atoms with Crippen LogP contribution in [0.1, 0.15) is 18.4 Å². The number of alkyl halides is 3. The Morgan fingerprint density at radius 3 is 2.65 bits per heavy atom. The van der Waals surface area contributed by atoms with E-state index in [-0.39, 0.29) is 23.6 Å². The minimum Gasteiger partial charge on any atom is -0.373 e. The first-order valence-electron chi connectivity index (χ1n) is 6.19. The number of rotatable bonds is 4. The van der Waals surface area contributed by atoms with Gasteiger partial charge in [-0.25, -0.2) is 4.98 Å². The predicted octanol–water partition coefficient (Wildman–Crippen LogP) is 1.83. The second kappa shape index (κ2) is 5.56. The monoisotopic (exact) mass is 288 g/mol. The lowest BCUT2D eigenvalue weighted by molar-refractivity contribution is -0.137. The van der Waals surface area contributed by atoms with Crippen molar-refractivity contribution in [2.45, 2.75) is 25.1 Å². The molecule has 20 heavy (non-hydrogen) atoms. The van der Waals surface area contributed by atoms with E-state index in [0.717, 1.165) is 12.1 Å². The molecule has 1 amide bonds. The molecule has 110 valence electrons. The summed E-state index contributed by atoms with van der Waals surface area (Å²) in [5.74, 6) is 0.229. The van der Waals surface area contributed by atoms with E-state index in [1.165, 1.54) is 7.05 Å². The standard InChI is InChI=1S/C12H15F3N4O/c1-16-9-4-7(12(13,14)15)5-10(19-9)17-6-8-2-3-11(20)18-8/h4-5,8H,2-3,6H2,1H3,(H,18,20)(H2,16,17,19). The van der Waals surface area contributed by atoms with E-state index < -0.39 is 11.7 Å². The highest BCUT2D eigenvalue weighted by Crippen LogP contribution is 2.32. The summed E-state index contributed by atoms with van der Waals surface area (Å²) in [4.78, 5) is 15.0. The summed E-state index contributed by atoms with van der Waals surface area (Å²) < 4.78 is 38.2. The molecule has 3 N–H and O–H groups in total. The van der Waals surface area contributed by atoms with Gasteiger partial charge in [-0.3, -0.25) is 4.79 Å². The third kappa shape index (κ3) is 3.52. The maximum absolute atomic E-state index is 12.7. The molecule has 0 radical (unpaired) electrons. The van der Waals surface area contributed by atoms with Crippen LogP contribution in [-0.4, -0.2) is 30.5 Å². The molecule has 8 heteroatoms. The van der Waals surface area contributed by atoms with Crippen molar-refractivity contribution in [3.05, 3.63) is 17.7 Å². The topological polar surface area (TPSA) is 66.0 Å². The molecule has 0 spiro atoms. The summed E-state index contributed by atoms with van der Waals surface area (Å²) in [5, 5.41) is 8.15. The summed E-state index contributed by atoms with van der Waals surface area (Å²) in [6, 6.07) is 1.83. The van der Waals surface area contributed by atoms with E-state index in [2.05, 4.69) is 20.9 Å². The molecule has 1 saturated heterocycles. The highest BCUT2D eigenvalue weighted by molar-refractivity contribution is 5.78. The van der Waals surface area contributed by atoms with Crippen LogP contribution in [-0.2, 0) is 11.0 Å². The Kier molecular flexibility index (Phi) is 4.01. The van der Waals surface area contributed by atoms with E-state index >= 15 is 0 Å². The van der Waals surface area contributed by atoms with Gasteiger partial charge in [-0.1, -0.05) is 0 Å². The Bertz CT molecular complexity index is 504. The zero-order valence-electron chi connectivity index (χ0n) is 10.8. The first-order chi connectivity index (χ1) is 9.38. The summed E-state index contributed by atoms with van der Waals surface area (Å²) in [5.41, 5.74) is -0.769. The molecule has 2 heterocycles. The first kappa shape index (κ1) is 14.4. The largest absolute Gasteiger partial charge is 0.416 e. The molecular weight excluding hydrogens is 273 g/mol. The SMILES string of the molecule is CNc1cc(C(F)(F)F)cc(NCC2CCC(=O)N2)n1. The van der Waals surface area contributed by atoms with Crippen molar-refractivity contribution in [3.63, 3.8) is 0 Å². The van der Waals surface area contributed by atoms with Crippen LogP contribution in [0.4, 0.5) is 24.8 Å². The van der Waals surface area contributed by atoms with Gasteiger partial charge in [0, 0.05) is 26.1 Å². The molecule has 0 saturated carbocycles. The lowest BCUT2D eigenvalue weighted by atomic mass is 10.2. The second-order valence-corrected chi connectivity index (χ2v) is 4.56. The highest BCUT2D eigenvalue weighted by Gasteiger charge is 2.31. The smallest absolute Gasteiger partial charge is 0.373 e. The van der Waals surface area contributed by atoms with Crippen molar-refractivity contribution in [2.75, 3.05) is 24.2 Å². The molecule has 1 aliphatic rings. The fraction of sp³-hybridized carbons (Fsp3) is 0.500. The zero-order chi connectivity index (χ0) is 14.8. The Morgan fingerprint density at radius 2 is 2.10 bits per heavy atom. The van der Waals surface area contributed by atoms with Gasteiger partial charge in [-0.2, -0.15) is 13.2 Å². The van der Waals surface area contributed by atoms with Crippen LogP contribution in [0.2, 0.25) is 0 Å². The highest BCUT2D eigenvalue weighted by atomic mass is 19.4. The van der Waals surface area contributed by atoms with Crippen molar-refractivity contribution in [3.8, 4) is 0 Å². The van der Waals surface area contributed by atoms with Crippen molar-refractivity contribution in [1.82, 2.24) is 10.3 Å². The van der Waals surface area contributed by atoms with Crippen LogP contribution in [0.25, 0.3) is 0 Å². The molecule has 0 bridgehead atoms. The molecule has 1 fully saturated rings. The van der Waals surface area contributed by atoms with Crippen LogP contribution in [0.5, 0.6) is 0 Å². The Balaban J connectivity index is 2.08. The number of carbonyl (C=O) groups excluding carboxylic acids is 1. The average molecular weight is 288 g/mol. The third-order valence-electron chi connectivity index (χ3n) is 3.02. The second-order valence-electron chi connectivity index (χ2n) is 4.56. The number of halogens is 3. The number of amides is 1. The Morgan fingerprint density at radius 1 is 1.40 bits per heavy atom. The fourth-order valence-corrected chi connectivity index (χ4v) is 1.97. The van der Waals surface area contributed by atoms with Gasteiger partial charge in [0.25, 0.3) is 0 Å². The maximum atomic E-state index is 12.7. The van der Waals surface area contributed by atoms with Crippen molar-refractivity contribution in [1.29, 1.82) is 0 Å². The van der Waals surface area contributed by atoms with E-state index in [9.17, 15) is 18.0 Å². The minimum absolute atomic E-state index is 0.0373. The van der Waals surface area contributed by atoms with Crippen molar-refractivity contribution < 1.29 is 18.0 Å². The number of nitrogens with zero attached hydrogens (tertiary/aromatic N) is 1. The number of anilines is 2. The number of nitrogens with one attached hydrogen (secondary N) is 3. The summed E-state index contributed by atoms with van der Waals surface area (Å²) >= 11 is 0. The summed E-state index contributed by atoms with van der Waals surface area (Å²) in [7, 11) is 1.50. The van der Waals surface area contributed by atoms with Gasteiger partial charge in [0.2, 0.25) is 5.91 Å². The normalized spacial score (nSPS) is 18.8. The van der Waals surface area contributed by atoms with E-state index in [1.54, 1.807) is 0 Å². The number of hydrogen-bond acceptors (Lipinski definition) is 4. The fourth-order valence-electron chi connectivity index (χ4n) is 1.97. The predicted molar refractivity (Wildman–Crippen MR) is 68.4 cm³/mol. The number of carbonyl (C=O) groups is 1. The molecule has 1 aliphatic heterocycles. The van der Waals surface area contributed by atoms with Crippen molar-refractivity contribution >= 4 is 17.5 Å². The van der Waals surface area contributed by atoms with Crippen LogP contribution < -0.4 is 16.0 Å². The molecule has 0 aromatic carbocycles. The van der Waals surface area contributed by atoms with E-state index in [4.69, 9.17) is 0 Å². The van der Waals surface area contributed by atoms with Crippen LogP contribution in [0, 0.1) is 0 Å². The molecule has 5 nitrogen and oxygen atoms in total. The van der Waals surface area contributed by atoms with Gasteiger partial charge >= 0.3 is 6.18 Å². The van der Waals surface area contributed by atoms with Crippen LogP contribution >= 0.6 is 0 Å². The molecule has 1 atom stereocenters. The van der Waals surface area contributed by atoms with Gasteiger partial charge < -0.3 is 16.0 Å². The van der Waals surface area contributed by atoms with E-state index in [1.807, 2.05) is 0 Å². The van der Waals surface area contributed by atoms with Gasteiger partial charge in [-0.15, -0.1) is 0 Å². The number of hydrogen-bond donors (Lipinski definition) is 3. The van der Waals surface area contributed by atoms with Gasteiger partial charge in [0.1, 0.15) is 11.6 Å². The van der Waals surface area contributed by atoms with E-state index in [0.29, 0.717) is 19.4 Å². The lowest BCUT2D eigenvalue weighted by Crippen LogP contribution is -2.32. The number of aromatic nitrogens is 1. The molecule has 0 aliphatic carbocycles. The van der Waals surface area contributed by atoms with Gasteiger partial charge in [0.15, 0.2) is 0 Å². The quantitative estimate of drug-likeness (QED) is 0.791. The molecule has 1 unspecified atom stereocenters. The average Bonchev–Trinajstić information content (AvgIpc) is 2.81. The lowest BCUT2D eigenvalue weighted by Gasteiger charge is -2.15. The molecular formula is C12H15F3N4O. The van der Waals surface area contributed by atoms with Gasteiger partial charge in [-0.05, 0) is 18.6 Å². The first-order valence-corrected chi connectivity index (χ1v) is 6.19. The zero-order valence-corrected chi connectivity index (χ0v) is 10.8. The summed E-state index contributed by atoms with van der Waals surface area (Å²) in [6.07, 6.45) is -3.31. The minimum atomic E-state index is -4.42.